The Labute approximate surface area is 136 Å². The number of fused-ring (bicyclic) bond motifs is 1. The maximum absolute atomic E-state index is 12.6. The van der Waals surface area contributed by atoms with Gasteiger partial charge in [-0.25, -0.2) is 4.79 Å². The third-order valence-electron chi connectivity index (χ3n) is 3.69. The fourth-order valence-corrected chi connectivity index (χ4v) is 3.62. The van der Waals surface area contributed by atoms with E-state index in [1.165, 1.54) is 23.8 Å². The maximum Gasteiger partial charge on any atom is 0.349 e. The molecule has 6 nitrogen and oxygen atoms in total. The molecule has 7 heteroatoms. The number of methoxy groups -OCH3 is 1. The smallest absolute Gasteiger partial charge is 0.349 e. The van der Waals surface area contributed by atoms with E-state index in [9.17, 15) is 14.4 Å². The average Bonchev–Trinajstić information content (AvgIpc) is 2.60. The van der Waals surface area contributed by atoms with Gasteiger partial charge in [0.15, 0.2) is 0 Å². The van der Waals surface area contributed by atoms with E-state index < -0.39 is 16.8 Å². The van der Waals surface area contributed by atoms with E-state index in [2.05, 4.69) is 0 Å². The van der Waals surface area contributed by atoms with Crippen molar-refractivity contribution >= 4 is 34.6 Å². The molecule has 0 spiro atoms. The first kappa shape index (κ1) is 15.6. The molecule has 0 unspecified atom stereocenters. The van der Waals surface area contributed by atoms with Gasteiger partial charge in [0, 0.05) is 24.2 Å². The third kappa shape index (κ3) is 3.10. The number of nitrogens with zero attached hydrogens (tertiary/aromatic N) is 1. The Hall–Kier alpha value is -2.28. The van der Waals surface area contributed by atoms with Crippen LogP contribution in [0.3, 0.4) is 0 Å². The van der Waals surface area contributed by atoms with Crippen LogP contribution in [0.5, 0.6) is 0 Å². The van der Waals surface area contributed by atoms with Crippen LogP contribution in [-0.2, 0) is 9.53 Å². The average molecular weight is 333 g/mol. The van der Waals surface area contributed by atoms with E-state index in [0.29, 0.717) is 23.3 Å². The van der Waals surface area contributed by atoms with Crippen molar-refractivity contribution in [3.8, 4) is 0 Å². The second kappa shape index (κ2) is 6.45. The highest BCUT2D eigenvalue weighted by molar-refractivity contribution is 8.00. The largest absolute Gasteiger partial charge is 0.468 e. The Morgan fingerprint density at radius 1 is 1.35 bits per heavy atom. The van der Waals surface area contributed by atoms with Gasteiger partial charge in [-0.1, -0.05) is 18.2 Å². The van der Waals surface area contributed by atoms with Crippen LogP contribution < -0.4 is 5.63 Å². The van der Waals surface area contributed by atoms with E-state index in [0.717, 1.165) is 0 Å². The second-order valence-electron chi connectivity index (χ2n) is 5.12. The molecule has 1 fully saturated rings. The zero-order valence-corrected chi connectivity index (χ0v) is 13.3. The Balaban J connectivity index is 1.89. The Kier molecular flexibility index (Phi) is 4.38. The molecule has 1 aliphatic heterocycles. The summed E-state index contributed by atoms with van der Waals surface area (Å²) in [5, 5.41) is 0.261. The molecule has 1 aromatic heterocycles. The summed E-state index contributed by atoms with van der Waals surface area (Å²) in [6.45, 7) is 0.700. The number of thioether (sulfide) groups is 1. The molecule has 23 heavy (non-hydrogen) atoms. The Bertz CT molecular complexity index is 815. The molecule has 1 saturated heterocycles. The Morgan fingerprint density at radius 3 is 2.91 bits per heavy atom. The number of carbonyl (C=O) groups is 2. The predicted molar refractivity (Wildman–Crippen MR) is 86.6 cm³/mol. The number of carbonyl (C=O) groups excluding carboxylic acids is 2. The van der Waals surface area contributed by atoms with Gasteiger partial charge in [0.1, 0.15) is 16.4 Å². The van der Waals surface area contributed by atoms with Gasteiger partial charge >= 0.3 is 11.6 Å². The first-order chi connectivity index (χ1) is 11.1. The topological polar surface area (TPSA) is 76.8 Å². The zero-order chi connectivity index (χ0) is 16.4. The molecule has 0 N–H and O–H groups in total. The van der Waals surface area contributed by atoms with Crippen molar-refractivity contribution in [2.24, 2.45) is 0 Å². The van der Waals surface area contributed by atoms with Crippen molar-refractivity contribution in [1.82, 2.24) is 4.90 Å². The molecule has 120 valence electrons. The number of ether oxygens (including phenoxy) is 1. The van der Waals surface area contributed by atoms with E-state index in [1.54, 1.807) is 30.3 Å². The molecule has 2 heterocycles. The molecule has 0 saturated carbocycles. The van der Waals surface area contributed by atoms with Gasteiger partial charge in [0.2, 0.25) is 0 Å². The van der Waals surface area contributed by atoms with Crippen molar-refractivity contribution in [1.29, 1.82) is 0 Å². The number of para-hydroxylation sites is 1. The van der Waals surface area contributed by atoms with Crippen LogP contribution in [0.4, 0.5) is 0 Å². The number of benzene rings is 1. The predicted octanol–water partition coefficient (Wildman–Crippen LogP) is 1.52. The fraction of sp³-hybridized carbons (Fsp3) is 0.312. The number of esters is 1. The van der Waals surface area contributed by atoms with Gasteiger partial charge in [0.25, 0.3) is 5.91 Å². The summed E-state index contributed by atoms with van der Waals surface area (Å²) in [6, 6.07) is 8.56. The van der Waals surface area contributed by atoms with Crippen LogP contribution in [0.25, 0.3) is 11.0 Å². The summed E-state index contributed by atoms with van der Waals surface area (Å²) in [5.41, 5.74) is -0.239. The lowest BCUT2D eigenvalue weighted by atomic mass is 10.1. The molecule has 3 rings (SSSR count). The van der Waals surface area contributed by atoms with Crippen LogP contribution in [0, 0.1) is 0 Å². The van der Waals surface area contributed by atoms with Gasteiger partial charge in [-0.2, -0.15) is 0 Å². The minimum atomic E-state index is -0.665. The molecule has 1 aromatic carbocycles. The SMILES string of the molecule is COC(=O)[C@@H]1CN(C(=O)c2cc3ccccc3oc2=O)CCS1. The molecule has 0 radical (unpaired) electrons. The van der Waals surface area contributed by atoms with Gasteiger partial charge in [0.05, 0.1) is 7.11 Å². The summed E-state index contributed by atoms with van der Waals surface area (Å²) < 4.78 is 9.93. The monoisotopic (exact) mass is 333 g/mol. The third-order valence-corrected chi connectivity index (χ3v) is 4.85. The zero-order valence-electron chi connectivity index (χ0n) is 12.5. The fourth-order valence-electron chi connectivity index (χ4n) is 2.49. The van der Waals surface area contributed by atoms with Crippen LogP contribution >= 0.6 is 11.8 Å². The normalized spacial score (nSPS) is 18.0. The highest BCUT2D eigenvalue weighted by Gasteiger charge is 2.31. The standard InChI is InChI=1S/C16H15NO5S/c1-21-16(20)13-9-17(6-7-23-13)14(18)11-8-10-4-2-3-5-12(10)22-15(11)19/h2-5,8,13H,6-7,9H2,1H3/t13-/m0/s1. The summed E-state index contributed by atoms with van der Waals surface area (Å²) in [5.74, 6) is -0.165. The van der Waals surface area contributed by atoms with E-state index in [4.69, 9.17) is 9.15 Å². The summed E-state index contributed by atoms with van der Waals surface area (Å²) in [4.78, 5) is 37.9. The summed E-state index contributed by atoms with van der Waals surface area (Å²) in [6.07, 6.45) is 0. The quantitative estimate of drug-likeness (QED) is 0.613. The van der Waals surface area contributed by atoms with Crippen molar-refractivity contribution in [3.05, 3.63) is 46.3 Å². The molecule has 1 amide bonds. The first-order valence-corrected chi connectivity index (χ1v) is 8.16. The van der Waals surface area contributed by atoms with Gasteiger partial charge in [-0.15, -0.1) is 11.8 Å². The number of hydrogen-bond donors (Lipinski definition) is 0. The minimum absolute atomic E-state index is 0.0146. The van der Waals surface area contributed by atoms with E-state index in [1.807, 2.05) is 0 Å². The van der Waals surface area contributed by atoms with Crippen LogP contribution in [0.15, 0.2) is 39.5 Å². The van der Waals surface area contributed by atoms with Crippen molar-refractivity contribution in [3.63, 3.8) is 0 Å². The second-order valence-corrected chi connectivity index (χ2v) is 6.43. The Morgan fingerprint density at radius 2 is 2.13 bits per heavy atom. The van der Waals surface area contributed by atoms with Gasteiger partial charge in [-0.05, 0) is 12.1 Å². The molecular formula is C16H15NO5S. The lowest BCUT2D eigenvalue weighted by molar-refractivity contribution is -0.140. The van der Waals surface area contributed by atoms with Crippen molar-refractivity contribution < 1.29 is 18.7 Å². The van der Waals surface area contributed by atoms with Crippen LogP contribution in [0.1, 0.15) is 10.4 Å². The highest BCUT2D eigenvalue weighted by atomic mass is 32.2. The van der Waals surface area contributed by atoms with Crippen molar-refractivity contribution in [2.75, 3.05) is 26.0 Å². The molecule has 0 bridgehead atoms. The van der Waals surface area contributed by atoms with E-state index >= 15 is 0 Å². The lowest BCUT2D eigenvalue weighted by Crippen LogP contribution is -2.46. The molecule has 2 aromatic rings. The number of rotatable bonds is 2. The molecule has 1 atom stereocenters. The van der Waals surface area contributed by atoms with E-state index in [-0.39, 0.29) is 18.1 Å². The molecule has 0 aliphatic carbocycles. The van der Waals surface area contributed by atoms with Gasteiger partial charge in [-0.3, -0.25) is 9.59 Å². The first-order valence-electron chi connectivity index (χ1n) is 7.12. The maximum atomic E-state index is 12.6. The molecular weight excluding hydrogens is 318 g/mol. The number of amides is 1. The number of hydrogen-bond acceptors (Lipinski definition) is 6. The van der Waals surface area contributed by atoms with Crippen molar-refractivity contribution in [2.45, 2.75) is 5.25 Å². The minimum Gasteiger partial charge on any atom is -0.468 e. The highest BCUT2D eigenvalue weighted by Crippen LogP contribution is 2.21. The summed E-state index contributed by atoms with van der Waals surface area (Å²) in [7, 11) is 1.32. The summed E-state index contributed by atoms with van der Waals surface area (Å²) >= 11 is 1.45. The van der Waals surface area contributed by atoms with Gasteiger partial charge < -0.3 is 14.1 Å². The van der Waals surface area contributed by atoms with Crippen LogP contribution in [-0.4, -0.2) is 48.0 Å². The van der Waals surface area contributed by atoms with Crippen LogP contribution in [0.2, 0.25) is 0 Å². The molecule has 1 aliphatic rings. The lowest BCUT2D eigenvalue weighted by Gasteiger charge is -2.30.